The summed E-state index contributed by atoms with van der Waals surface area (Å²) in [5.74, 6) is -1.44. The first-order valence-corrected chi connectivity index (χ1v) is 7.42. The maximum Gasteiger partial charge on any atom is 0.421 e. The number of hydrogen-bond donors (Lipinski definition) is 0. The molecular formula is C14H12Cl2FNO3. The van der Waals surface area contributed by atoms with Gasteiger partial charge < -0.3 is 4.74 Å². The lowest BCUT2D eigenvalue weighted by Crippen LogP contribution is -2.54. The Balaban J connectivity index is 1.92. The van der Waals surface area contributed by atoms with Crippen molar-refractivity contribution in [3.63, 3.8) is 0 Å². The van der Waals surface area contributed by atoms with Gasteiger partial charge >= 0.3 is 6.09 Å². The molecule has 4 nitrogen and oxygen atoms in total. The molecule has 0 aromatic heterocycles. The number of carbonyl (C=O) groups excluding carboxylic acids is 2. The van der Waals surface area contributed by atoms with Gasteiger partial charge in [-0.3, -0.25) is 4.79 Å². The zero-order valence-electron chi connectivity index (χ0n) is 10.9. The highest BCUT2D eigenvalue weighted by Crippen LogP contribution is 2.37. The van der Waals surface area contributed by atoms with Crippen LogP contribution >= 0.6 is 23.2 Å². The van der Waals surface area contributed by atoms with Crippen molar-refractivity contribution in [2.45, 2.75) is 30.7 Å². The number of halogens is 3. The monoisotopic (exact) mass is 331 g/mol. The summed E-state index contributed by atoms with van der Waals surface area (Å²) in [6, 6.07) is 3.66. The van der Waals surface area contributed by atoms with E-state index in [1.165, 1.54) is 12.1 Å². The number of ether oxygens (including phenoxy) is 1. The van der Waals surface area contributed by atoms with E-state index in [4.69, 9.17) is 27.9 Å². The predicted octanol–water partition coefficient (Wildman–Crippen LogP) is 3.74. The number of fused-ring (bicyclic) bond motifs is 1. The van der Waals surface area contributed by atoms with Gasteiger partial charge in [0, 0.05) is 5.38 Å². The van der Waals surface area contributed by atoms with Crippen LogP contribution in [0.5, 0.6) is 0 Å². The summed E-state index contributed by atoms with van der Waals surface area (Å²) < 4.78 is 18.5. The van der Waals surface area contributed by atoms with Gasteiger partial charge in [-0.2, -0.15) is 0 Å². The molecule has 1 saturated carbocycles. The van der Waals surface area contributed by atoms with Gasteiger partial charge in [0.05, 0.1) is 16.6 Å². The highest BCUT2D eigenvalue weighted by Gasteiger charge is 2.46. The number of nitrogens with zero attached hydrogens (tertiary/aromatic N) is 1. The summed E-state index contributed by atoms with van der Waals surface area (Å²) in [4.78, 5) is 25.5. The molecule has 1 aliphatic heterocycles. The zero-order chi connectivity index (χ0) is 15.1. The van der Waals surface area contributed by atoms with Crippen molar-refractivity contribution in [1.29, 1.82) is 0 Å². The van der Waals surface area contributed by atoms with E-state index >= 15 is 0 Å². The fourth-order valence-electron chi connectivity index (χ4n) is 2.79. The van der Waals surface area contributed by atoms with E-state index in [9.17, 15) is 14.0 Å². The molecule has 2 amide bonds. The van der Waals surface area contributed by atoms with Gasteiger partial charge in [0.15, 0.2) is 0 Å². The molecular weight excluding hydrogens is 320 g/mol. The lowest BCUT2D eigenvalue weighted by molar-refractivity contribution is -0.130. The Morgan fingerprint density at radius 3 is 2.76 bits per heavy atom. The van der Waals surface area contributed by atoms with Crippen LogP contribution in [0.2, 0.25) is 5.02 Å². The number of benzene rings is 1. The maximum absolute atomic E-state index is 13.2. The molecule has 2 aliphatic rings. The molecule has 1 aromatic carbocycles. The second kappa shape index (κ2) is 5.46. The third kappa shape index (κ3) is 2.60. The number of alkyl halides is 1. The van der Waals surface area contributed by atoms with Gasteiger partial charge in [0.2, 0.25) is 5.91 Å². The first-order chi connectivity index (χ1) is 9.97. The van der Waals surface area contributed by atoms with Crippen LogP contribution in [-0.2, 0) is 9.53 Å². The van der Waals surface area contributed by atoms with Crippen LogP contribution in [0.1, 0.15) is 19.3 Å². The molecule has 2 fully saturated rings. The molecule has 1 aliphatic carbocycles. The Kier molecular flexibility index (Phi) is 3.80. The summed E-state index contributed by atoms with van der Waals surface area (Å²) in [6.45, 7) is 0. The average molecular weight is 332 g/mol. The SMILES string of the molecule is O=C1OC2CCC(Cl)CC2C(=O)N1c1ccc(F)c(Cl)c1. The van der Waals surface area contributed by atoms with E-state index < -0.39 is 23.9 Å². The lowest BCUT2D eigenvalue weighted by Gasteiger charge is -2.39. The highest BCUT2D eigenvalue weighted by atomic mass is 35.5. The van der Waals surface area contributed by atoms with Crippen molar-refractivity contribution in [2.75, 3.05) is 4.90 Å². The normalized spacial score (nSPS) is 29.1. The molecule has 0 N–H and O–H groups in total. The van der Waals surface area contributed by atoms with Crippen LogP contribution in [0.4, 0.5) is 14.9 Å². The Labute approximate surface area is 130 Å². The van der Waals surface area contributed by atoms with Gasteiger partial charge in [-0.1, -0.05) is 11.6 Å². The lowest BCUT2D eigenvalue weighted by atomic mass is 9.84. The largest absolute Gasteiger partial charge is 0.445 e. The summed E-state index contributed by atoms with van der Waals surface area (Å²) in [5, 5.41) is -0.264. The van der Waals surface area contributed by atoms with Crippen molar-refractivity contribution in [2.24, 2.45) is 5.92 Å². The van der Waals surface area contributed by atoms with Crippen LogP contribution in [0, 0.1) is 11.7 Å². The van der Waals surface area contributed by atoms with Crippen molar-refractivity contribution in [1.82, 2.24) is 0 Å². The van der Waals surface area contributed by atoms with Crippen LogP contribution in [0.15, 0.2) is 18.2 Å². The number of hydrogen-bond acceptors (Lipinski definition) is 3. The van der Waals surface area contributed by atoms with E-state index in [1.54, 1.807) is 0 Å². The van der Waals surface area contributed by atoms with E-state index in [0.717, 1.165) is 11.0 Å². The van der Waals surface area contributed by atoms with Gasteiger partial charge in [0.25, 0.3) is 0 Å². The molecule has 1 saturated heterocycles. The first-order valence-electron chi connectivity index (χ1n) is 6.61. The van der Waals surface area contributed by atoms with Gasteiger partial charge in [-0.25, -0.2) is 14.1 Å². The summed E-state index contributed by atoms with van der Waals surface area (Å²) in [5.41, 5.74) is 0.201. The van der Waals surface area contributed by atoms with E-state index in [1.807, 2.05) is 0 Å². The van der Waals surface area contributed by atoms with Crippen molar-refractivity contribution in [3.05, 3.63) is 29.0 Å². The van der Waals surface area contributed by atoms with Gasteiger partial charge in [-0.05, 0) is 37.5 Å². The van der Waals surface area contributed by atoms with E-state index in [0.29, 0.717) is 19.3 Å². The molecule has 3 atom stereocenters. The average Bonchev–Trinajstić information content (AvgIpc) is 2.44. The standard InChI is InChI=1S/C14H12Cl2FNO3/c15-7-1-4-12-9(5-7)13(19)18(14(20)21-12)8-2-3-11(17)10(16)6-8/h2-3,6-7,9,12H,1,4-5H2. The smallest absolute Gasteiger partial charge is 0.421 e. The molecule has 1 heterocycles. The molecule has 112 valence electrons. The van der Waals surface area contributed by atoms with Crippen LogP contribution in [0.25, 0.3) is 0 Å². The molecule has 3 rings (SSSR count). The third-order valence-corrected chi connectivity index (χ3v) is 4.54. The summed E-state index contributed by atoms with van der Waals surface area (Å²) in [6.07, 6.45) is 0.577. The molecule has 0 bridgehead atoms. The number of carbonyl (C=O) groups is 2. The zero-order valence-corrected chi connectivity index (χ0v) is 12.4. The molecule has 3 unspecified atom stereocenters. The number of amides is 2. The maximum atomic E-state index is 13.2. The summed E-state index contributed by atoms with van der Waals surface area (Å²) >= 11 is 11.8. The first kappa shape index (κ1) is 14.6. The molecule has 0 spiro atoms. The minimum atomic E-state index is -0.753. The van der Waals surface area contributed by atoms with Crippen molar-refractivity contribution in [3.8, 4) is 0 Å². The summed E-state index contributed by atoms with van der Waals surface area (Å²) in [7, 11) is 0. The number of rotatable bonds is 1. The molecule has 21 heavy (non-hydrogen) atoms. The topological polar surface area (TPSA) is 46.6 Å². The van der Waals surface area contributed by atoms with E-state index in [2.05, 4.69) is 0 Å². The van der Waals surface area contributed by atoms with Crippen LogP contribution < -0.4 is 4.90 Å². The van der Waals surface area contributed by atoms with E-state index in [-0.39, 0.29) is 22.0 Å². The minimum absolute atomic E-state index is 0.106. The molecule has 1 aromatic rings. The second-order valence-corrected chi connectivity index (χ2v) is 6.24. The van der Waals surface area contributed by atoms with Crippen LogP contribution in [0.3, 0.4) is 0 Å². The second-order valence-electron chi connectivity index (χ2n) is 5.21. The molecule has 7 heteroatoms. The predicted molar refractivity (Wildman–Crippen MR) is 76.1 cm³/mol. The Bertz CT molecular complexity index is 610. The fraction of sp³-hybridized carbons (Fsp3) is 0.429. The molecule has 0 radical (unpaired) electrons. The van der Waals surface area contributed by atoms with Crippen LogP contribution in [-0.4, -0.2) is 23.5 Å². The van der Waals surface area contributed by atoms with Gasteiger partial charge in [0.1, 0.15) is 11.9 Å². The minimum Gasteiger partial charge on any atom is -0.445 e. The quantitative estimate of drug-likeness (QED) is 0.736. The fourth-order valence-corrected chi connectivity index (χ4v) is 3.28. The Hall–Kier alpha value is -1.33. The number of imide groups is 1. The Morgan fingerprint density at radius 1 is 1.29 bits per heavy atom. The van der Waals surface area contributed by atoms with Crippen molar-refractivity contribution >= 4 is 40.9 Å². The highest BCUT2D eigenvalue weighted by molar-refractivity contribution is 6.31. The third-order valence-electron chi connectivity index (χ3n) is 3.86. The number of anilines is 1. The van der Waals surface area contributed by atoms with Gasteiger partial charge in [-0.15, -0.1) is 11.6 Å². The Morgan fingerprint density at radius 2 is 2.05 bits per heavy atom. The van der Waals surface area contributed by atoms with Crippen molar-refractivity contribution < 1.29 is 18.7 Å².